The number of anilines is 2. The van der Waals surface area contributed by atoms with Crippen LogP contribution in [0.5, 0.6) is 0 Å². The fraction of sp³-hybridized carbons (Fsp3) is 0.278. The van der Waals surface area contributed by atoms with E-state index in [1.165, 1.54) is 23.9 Å². The van der Waals surface area contributed by atoms with Crippen molar-refractivity contribution in [3.63, 3.8) is 0 Å². The van der Waals surface area contributed by atoms with Gasteiger partial charge >= 0.3 is 6.03 Å². The molecule has 0 aliphatic rings. The van der Waals surface area contributed by atoms with E-state index in [1.54, 1.807) is 24.3 Å². The average Bonchev–Trinajstić information content (AvgIpc) is 2.60. The fourth-order valence-corrected chi connectivity index (χ4v) is 3.82. The summed E-state index contributed by atoms with van der Waals surface area (Å²) < 4.78 is 27.7. The summed E-state index contributed by atoms with van der Waals surface area (Å²) in [6.07, 6.45) is 1.89. The van der Waals surface area contributed by atoms with Crippen LogP contribution in [0.4, 0.5) is 16.2 Å². The first-order chi connectivity index (χ1) is 12.3. The summed E-state index contributed by atoms with van der Waals surface area (Å²) >= 11 is 1.47. The minimum absolute atomic E-state index is 0.126. The molecule has 0 atom stereocenters. The molecule has 0 aliphatic carbocycles. The van der Waals surface area contributed by atoms with E-state index in [1.807, 2.05) is 32.2 Å². The van der Waals surface area contributed by atoms with Crippen molar-refractivity contribution in [2.75, 3.05) is 22.8 Å². The Bertz CT molecular complexity index is 850. The van der Waals surface area contributed by atoms with Crippen LogP contribution in [0.2, 0.25) is 0 Å². The van der Waals surface area contributed by atoms with Crippen molar-refractivity contribution >= 4 is 39.2 Å². The SMILES string of the molecule is CSc1ccccc1NS(=O)(=O)c1ccc(NC(=O)NCC(C)C)cc1. The predicted molar refractivity (Wildman–Crippen MR) is 107 cm³/mol. The largest absolute Gasteiger partial charge is 0.338 e. The van der Waals surface area contributed by atoms with Crippen molar-refractivity contribution in [1.82, 2.24) is 5.32 Å². The molecule has 2 rings (SSSR count). The highest BCUT2D eigenvalue weighted by Gasteiger charge is 2.16. The Morgan fingerprint density at radius 1 is 1.08 bits per heavy atom. The van der Waals surface area contributed by atoms with Crippen molar-refractivity contribution in [2.45, 2.75) is 23.6 Å². The Morgan fingerprint density at radius 3 is 2.35 bits per heavy atom. The van der Waals surface area contributed by atoms with Gasteiger partial charge < -0.3 is 10.6 Å². The molecule has 2 amide bonds. The van der Waals surface area contributed by atoms with Gasteiger partial charge in [0.25, 0.3) is 10.0 Å². The summed E-state index contributed by atoms with van der Waals surface area (Å²) in [6, 6.07) is 12.9. The Balaban J connectivity index is 2.08. The molecule has 0 heterocycles. The number of carbonyl (C=O) groups is 1. The topological polar surface area (TPSA) is 87.3 Å². The number of carbonyl (C=O) groups excluding carboxylic acids is 1. The average molecular weight is 394 g/mol. The maximum atomic E-state index is 12.6. The van der Waals surface area contributed by atoms with E-state index in [2.05, 4.69) is 15.4 Å². The van der Waals surface area contributed by atoms with Crippen molar-refractivity contribution in [3.8, 4) is 0 Å². The molecule has 0 spiro atoms. The van der Waals surface area contributed by atoms with E-state index in [0.717, 1.165) is 4.90 Å². The smallest absolute Gasteiger partial charge is 0.319 e. The monoisotopic (exact) mass is 393 g/mol. The van der Waals surface area contributed by atoms with E-state index < -0.39 is 10.0 Å². The minimum Gasteiger partial charge on any atom is -0.338 e. The number of hydrogen-bond acceptors (Lipinski definition) is 4. The highest BCUT2D eigenvalue weighted by Crippen LogP contribution is 2.27. The van der Waals surface area contributed by atoms with Crippen LogP contribution in [0.25, 0.3) is 0 Å². The number of para-hydroxylation sites is 1. The molecule has 0 aromatic heterocycles. The third-order valence-corrected chi connectivity index (χ3v) is 5.62. The highest BCUT2D eigenvalue weighted by atomic mass is 32.2. The number of urea groups is 1. The molecule has 0 saturated heterocycles. The molecule has 2 aromatic rings. The van der Waals surface area contributed by atoms with Crippen LogP contribution in [-0.2, 0) is 10.0 Å². The lowest BCUT2D eigenvalue weighted by atomic mass is 10.2. The molecule has 26 heavy (non-hydrogen) atoms. The molecule has 8 heteroatoms. The Morgan fingerprint density at radius 2 is 1.73 bits per heavy atom. The number of hydrogen-bond donors (Lipinski definition) is 3. The van der Waals surface area contributed by atoms with Crippen LogP contribution in [0.3, 0.4) is 0 Å². The van der Waals surface area contributed by atoms with E-state index >= 15 is 0 Å². The lowest BCUT2D eigenvalue weighted by molar-refractivity contribution is 0.251. The lowest BCUT2D eigenvalue weighted by Gasteiger charge is -2.12. The number of sulfonamides is 1. The van der Waals surface area contributed by atoms with Crippen molar-refractivity contribution in [1.29, 1.82) is 0 Å². The molecule has 0 aliphatic heterocycles. The van der Waals surface area contributed by atoms with Gasteiger partial charge in [0.2, 0.25) is 0 Å². The number of amides is 2. The summed E-state index contributed by atoms with van der Waals surface area (Å²) in [6.45, 7) is 4.57. The maximum absolute atomic E-state index is 12.6. The van der Waals surface area contributed by atoms with E-state index in [4.69, 9.17) is 0 Å². The maximum Gasteiger partial charge on any atom is 0.319 e. The predicted octanol–water partition coefficient (Wildman–Crippen LogP) is 3.99. The van der Waals surface area contributed by atoms with Crippen molar-refractivity contribution in [3.05, 3.63) is 48.5 Å². The summed E-state index contributed by atoms with van der Waals surface area (Å²) in [5, 5.41) is 5.41. The number of nitrogens with one attached hydrogen (secondary N) is 3. The van der Waals surface area contributed by atoms with Crippen LogP contribution in [0.1, 0.15) is 13.8 Å². The highest BCUT2D eigenvalue weighted by molar-refractivity contribution is 7.99. The van der Waals surface area contributed by atoms with Crippen LogP contribution in [0, 0.1) is 5.92 Å². The summed E-state index contributed by atoms with van der Waals surface area (Å²) in [5.41, 5.74) is 1.06. The summed E-state index contributed by atoms with van der Waals surface area (Å²) in [7, 11) is -3.70. The molecule has 3 N–H and O–H groups in total. The van der Waals surface area contributed by atoms with Gasteiger partial charge in [-0.2, -0.15) is 0 Å². The molecule has 0 unspecified atom stereocenters. The molecule has 0 bridgehead atoms. The molecule has 0 fully saturated rings. The van der Waals surface area contributed by atoms with Gasteiger partial charge in [0.05, 0.1) is 10.6 Å². The van der Waals surface area contributed by atoms with E-state index in [-0.39, 0.29) is 10.9 Å². The van der Waals surface area contributed by atoms with E-state index in [9.17, 15) is 13.2 Å². The number of thioether (sulfide) groups is 1. The van der Waals surface area contributed by atoms with Gasteiger partial charge in [-0.1, -0.05) is 26.0 Å². The van der Waals surface area contributed by atoms with Gasteiger partial charge in [-0.3, -0.25) is 4.72 Å². The second kappa shape index (κ2) is 8.95. The van der Waals surface area contributed by atoms with Crippen LogP contribution < -0.4 is 15.4 Å². The number of rotatable bonds is 7. The number of benzene rings is 2. The normalized spacial score (nSPS) is 11.2. The first-order valence-corrected chi connectivity index (χ1v) is 10.8. The van der Waals surface area contributed by atoms with Crippen LogP contribution in [-0.4, -0.2) is 27.2 Å². The van der Waals surface area contributed by atoms with Gasteiger partial charge in [0, 0.05) is 17.1 Å². The molecule has 2 aromatic carbocycles. The second-order valence-corrected chi connectivity index (χ2v) is 8.59. The molecule has 140 valence electrons. The van der Waals surface area contributed by atoms with Gasteiger partial charge in [0.1, 0.15) is 0 Å². The van der Waals surface area contributed by atoms with Crippen molar-refractivity contribution in [2.24, 2.45) is 5.92 Å². The lowest BCUT2D eigenvalue weighted by Crippen LogP contribution is -2.31. The Hall–Kier alpha value is -2.19. The zero-order chi connectivity index (χ0) is 19.2. The molecular weight excluding hydrogens is 370 g/mol. The summed E-state index contributed by atoms with van der Waals surface area (Å²) in [4.78, 5) is 12.7. The Kier molecular flexibility index (Phi) is 6.93. The molecular formula is C18H23N3O3S2. The summed E-state index contributed by atoms with van der Waals surface area (Å²) in [5.74, 6) is 0.350. The van der Waals surface area contributed by atoms with Crippen molar-refractivity contribution < 1.29 is 13.2 Å². The molecule has 0 saturated carbocycles. The third kappa shape index (κ3) is 5.67. The van der Waals surface area contributed by atoms with Crippen LogP contribution in [0.15, 0.2) is 58.3 Å². The quantitative estimate of drug-likeness (QED) is 0.621. The Labute approximate surface area is 158 Å². The van der Waals surface area contributed by atoms with Gasteiger partial charge in [-0.15, -0.1) is 11.8 Å². The first kappa shape index (κ1) is 20.1. The fourth-order valence-electron chi connectivity index (χ4n) is 2.12. The second-order valence-electron chi connectivity index (χ2n) is 6.06. The zero-order valence-electron chi connectivity index (χ0n) is 14.9. The third-order valence-electron chi connectivity index (χ3n) is 3.44. The zero-order valence-corrected chi connectivity index (χ0v) is 16.6. The first-order valence-electron chi connectivity index (χ1n) is 8.12. The van der Waals surface area contributed by atoms with E-state index in [0.29, 0.717) is 23.8 Å². The van der Waals surface area contributed by atoms with Gasteiger partial charge in [-0.05, 0) is 48.6 Å². The minimum atomic E-state index is -3.70. The molecule has 0 radical (unpaired) electrons. The van der Waals surface area contributed by atoms with Crippen LogP contribution >= 0.6 is 11.8 Å². The standard InChI is InChI=1S/C18H23N3O3S2/c1-13(2)12-19-18(22)20-14-8-10-15(11-9-14)26(23,24)21-16-6-4-5-7-17(16)25-3/h4-11,13,21H,12H2,1-3H3,(H2,19,20,22). The van der Waals surface area contributed by atoms with Gasteiger partial charge in [-0.25, -0.2) is 13.2 Å². The van der Waals surface area contributed by atoms with Gasteiger partial charge in [0.15, 0.2) is 0 Å². The molecule has 6 nitrogen and oxygen atoms in total.